The number of benzene rings is 2. The van der Waals surface area contributed by atoms with Gasteiger partial charge in [0, 0.05) is 56.6 Å². The molecule has 0 radical (unpaired) electrons. The number of carbonyl (C=O) groups is 2. The van der Waals surface area contributed by atoms with Crippen molar-refractivity contribution in [3.63, 3.8) is 0 Å². The quantitative estimate of drug-likeness (QED) is 0.490. The highest BCUT2D eigenvalue weighted by atomic mass is 35.5. The topological polar surface area (TPSA) is 108 Å². The number of sulfonamides is 1. The molecule has 1 saturated heterocycles. The molecule has 41 heavy (non-hydrogen) atoms. The van der Waals surface area contributed by atoms with Crippen LogP contribution in [0.2, 0.25) is 5.02 Å². The Morgan fingerprint density at radius 2 is 1.73 bits per heavy atom. The summed E-state index contributed by atoms with van der Waals surface area (Å²) in [5.74, 6) is 0.142. The number of hydrogen-bond donors (Lipinski definition) is 1. The number of hydrogen-bond acceptors (Lipinski definition) is 8. The highest BCUT2D eigenvalue weighted by Crippen LogP contribution is 2.40. The van der Waals surface area contributed by atoms with Crippen molar-refractivity contribution in [3.05, 3.63) is 52.5 Å². The van der Waals surface area contributed by atoms with Crippen molar-refractivity contribution in [2.45, 2.75) is 37.2 Å². The molecule has 0 unspecified atom stereocenters. The lowest BCUT2D eigenvalue weighted by atomic mass is 9.72. The molecule has 1 N–H and O–H groups in total. The largest absolute Gasteiger partial charge is 0.487 e. The Labute approximate surface area is 245 Å². The third-order valence-corrected chi connectivity index (χ3v) is 10.3. The number of anilines is 1. The first kappa shape index (κ1) is 28.3. The fourth-order valence-electron chi connectivity index (χ4n) is 6.08. The van der Waals surface area contributed by atoms with Crippen molar-refractivity contribution in [3.8, 4) is 5.75 Å². The van der Waals surface area contributed by atoms with Crippen LogP contribution >= 0.6 is 11.6 Å². The number of rotatable bonds is 0. The van der Waals surface area contributed by atoms with Gasteiger partial charge in [-0.15, -0.1) is 0 Å². The summed E-state index contributed by atoms with van der Waals surface area (Å²) in [5, 5.41) is 0.638. The molecule has 2 fully saturated rings. The highest BCUT2D eigenvalue weighted by molar-refractivity contribution is 7.90. The maximum absolute atomic E-state index is 13.5. The summed E-state index contributed by atoms with van der Waals surface area (Å²) in [6.45, 7) is 4.40. The smallest absolute Gasteiger partial charge is 0.264 e. The van der Waals surface area contributed by atoms with Gasteiger partial charge in [0.05, 0.1) is 17.2 Å². The fraction of sp³-hybridized carbons (Fsp3) is 0.517. The minimum absolute atomic E-state index is 0.0295. The molecular formula is C29H35ClN4O6S. The van der Waals surface area contributed by atoms with E-state index < -0.39 is 15.9 Å². The second kappa shape index (κ2) is 11.8. The number of nitrogens with one attached hydrogen (secondary N) is 1. The Morgan fingerprint density at radius 1 is 0.902 bits per heavy atom. The number of halogens is 1. The van der Waals surface area contributed by atoms with Crippen LogP contribution in [-0.2, 0) is 37.4 Å². The maximum Gasteiger partial charge on any atom is 0.264 e. The summed E-state index contributed by atoms with van der Waals surface area (Å²) in [4.78, 5) is 32.2. The molecule has 2 aromatic rings. The highest BCUT2D eigenvalue weighted by Gasteiger charge is 2.41. The van der Waals surface area contributed by atoms with E-state index in [1.54, 1.807) is 12.1 Å². The van der Waals surface area contributed by atoms with Crippen molar-refractivity contribution in [1.29, 1.82) is 0 Å². The van der Waals surface area contributed by atoms with Crippen molar-refractivity contribution < 1.29 is 27.5 Å². The number of piperazine rings is 1. The van der Waals surface area contributed by atoms with Gasteiger partial charge in [0.15, 0.2) is 0 Å². The molecule has 0 spiro atoms. The van der Waals surface area contributed by atoms with Crippen LogP contribution in [0.25, 0.3) is 0 Å². The summed E-state index contributed by atoms with van der Waals surface area (Å²) < 4.78 is 41.3. The zero-order chi connectivity index (χ0) is 28.6. The first-order chi connectivity index (χ1) is 19.8. The van der Waals surface area contributed by atoms with Gasteiger partial charge >= 0.3 is 0 Å². The Morgan fingerprint density at radius 3 is 2.51 bits per heavy atom. The SMILES string of the molecule is O=C1CCN2CCN(CC2)C(=O)[C@@H]2CC[C@H]2CN2COCCc3cc(Cl)ccc3COc3ccc(cc32)S(=O)(=O)N1. The fourth-order valence-corrected chi connectivity index (χ4v) is 7.30. The Balaban J connectivity index is 1.37. The van der Waals surface area contributed by atoms with E-state index in [4.69, 9.17) is 21.1 Å². The lowest BCUT2D eigenvalue weighted by Gasteiger charge is -2.43. The van der Waals surface area contributed by atoms with E-state index in [0.29, 0.717) is 68.8 Å². The molecule has 220 valence electrons. The molecule has 2 amide bonds. The van der Waals surface area contributed by atoms with Crippen molar-refractivity contribution in [1.82, 2.24) is 14.5 Å². The summed E-state index contributed by atoms with van der Waals surface area (Å²) in [6.07, 6.45) is 2.44. The molecular weight excluding hydrogens is 568 g/mol. The lowest BCUT2D eigenvalue weighted by molar-refractivity contribution is -0.143. The average Bonchev–Trinajstić information content (AvgIpc) is 2.97. The van der Waals surface area contributed by atoms with Gasteiger partial charge in [0.2, 0.25) is 11.8 Å². The van der Waals surface area contributed by atoms with Crippen LogP contribution in [0, 0.1) is 11.8 Å². The summed E-state index contributed by atoms with van der Waals surface area (Å²) >= 11 is 6.25. The van der Waals surface area contributed by atoms with E-state index in [-0.39, 0.29) is 42.4 Å². The standard InChI is InChI=1S/C29H35ClN4O6S/c30-23-3-1-22-18-40-27-6-4-24-16-26(27)34(19-39-14-8-20(22)15-23)17-21-2-5-25(21)29(36)33-12-10-32(11-13-33)9-7-28(35)31-41(24,37)38/h1,3-4,6,15-16,21,25H,2,5,7-14,17-19H2,(H,31,35)/t21-,25+/m0/s1. The number of carbonyl (C=O) groups excluding carboxylic acids is 2. The van der Waals surface area contributed by atoms with Crippen LogP contribution in [0.1, 0.15) is 30.4 Å². The van der Waals surface area contributed by atoms with Crippen LogP contribution in [0.4, 0.5) is 5.69 Å². The van der Waals surface area contributed by atoms with Crippen LogP contribution in [0.3, 0.4) is 0 Å². The molecule has 4 bridgehead atoms. The molecule has 12 heteroatoms. The van der Waals surface area contributed by atoms with Gasteiger partial charge < -0.3 is 19.3 Å². The molecule has 1 saturated carbocycles. The van der Waals surface area contributed by atoms with Crippen LogP contribution in [0.5, 0.6) is 5.75 Å². The van der Waals surface area contributed by atoms with Gasteiger partial charge in [-0.3, -0.25) is 14.5 Å². The first-order valence-electron chi connectivity index (χ1n) is 14.2. The second-order valence-electron chi connectivity index (χ2n) is 11.2. The van der Waals surface area contributed by atoms with Gasteiger partial charge in [-0.1, -0.05) is 17.7 Å². The van der Waals surface area contributed by atoms with Crippen molar-refractivity contribution >= 4 is 39.1 Å². The maximum atomic E-state index is 13.5. The second-order valence-corrected chi connectivity index (χ2v) is 13.3. The molecule has 2 aromatic carbocycles. The average molecular weight is 603 g/mol. The van der Waals surface area contributed by atoms with Crippen molar-refractivity contribution in [2.75, 3.05) is 57.5 Å². The predicted octanol–water partition coefficient (Wildman–Crippen LogP) is 2.63. The summed E-state index contributed by atoms with van der Waals surface area (Å²) in [6, 6.07) is 10.3. The van der Waals surface area contributed by atoms with E-state index in [1.807, 2.05) is 28.0 Å². The van der Waals surface area contributed by atoms with Crippen LogP contribution in [-0.4, -0.2) is 82.6 Å². The predicted molar refractivity (Wildman–Crippen MR) is 153 cm³/mol. The monoisotopic (exact) mass is 602 g/mol. The molecule has 4 aliphatic heterocycles. The zero-order valence-electron chi connectivity index (χ0n) is 22.9. The normalized spacial score (nSPS) is 25.5. The van der Waals surface area contributed by atoms with Gasteiger partial charge in [-0.2, -0.15) is 0 Å². The number of ether oxygens (including phenoxy) is 2. The first-order valence-corrected chi connectivity index (χ1v) is 16.1. The third-order valence-electron chi connectivity index (χ3n) is 8.67. The summed E-state index contributed by atoms with van der Waals surface area (Å²) in [5.41, 5.74) is 2.55. The Hall–Kier alpha value is -2.86. The number of nitrogens with zero attached hydrogens (tertiary/aromatic N) is 3. The van der Waals surface area contributed by atoms with E-state index in [9.17, 15) is 18.0 Å². The summed E-state index contributed by atoms with van der Waals surface area (Å²) in [7, 11) is -4.12. The molecule has 0 aromatic heterocycles. The van der Waals surface area contributed by atoms with Gasteiger partial charge in [-0.05, 0) is 66.6 Å². The molecule has 10 nitrogen and oxygen atoms in total. The van der Waals surface area contributed by atoms with Crippen molar-refractivity contribution in [2.24, 2.45) is 11.8 Å². The lowest BCUT2D eigenvalue weighted by Crippen LogP contribution is -2.54. The van der Waals surface area contributed by atoms with Crippen LogP contribution in [0.15, 0.2) is 41.3 Å². The third kappa shape index (κ3) is 6.18. The molecule has 1 aliphatic carbocycles. The van der Waals surface area contributed by atoms with Crippen LogP contribution < -0.4 is 14.4 Å². The van der Waals surface area contributed by atoms with Gasteiger partial charge in [-0.25, -0.2) is 13.1 Å². The Bertz CT molecular complexity index is 1430. The number of fused-ring (bicyclic) bond motifs is 7. The molecule has 2 atom stereocenters. The molecule has 4 heterocycles. The minimum Gasteiger partial charge on any atom is -0.487 e. The van der Waals surface area contributed by atoms with E-state index >= 15 is 0 Å². The molecule has 5 aliphatic rings. The van der Waals surface area contributed by atoms with E-state index in [2.05, 4.69) is 9.62 Å². The minimum atomic E-state index is -4.12. The van der Waals surface area contributed by atoms with E-state index in [1.165, 1.54) is 6.07 Å². The zero-order valence-corrected chi connectivity index (χ0v) is 24.5. The Kier molecular flexibility index (Phi) is 8.13. The van der Waals surface area contributed by atoms with Gasteiger partial charge in [0.1, 0.15) is 19.1 Å². The molecule has 7 rings (SSSR count). The van der Waals surface area contributed by atoms with E-state index in [0.717, 1.165) is 24.0 Å². The number of amides is 2. The van der Waals surface area contributed by atoms with Gasteiger partial charge in [0.25, 0.3) is 10.0 Å².